The van der Waals surface area contributed by atoms with Crippen molar-refractivity contribution in [3.05, 3.63) is 35.4 Å². The average Bonchev–Trinajstić information content (AvgIpc) is 2.39. The Morgan fingerprint density at radius 3 is 2.95 bits per heavy atom. The summed E-state index contributed by atoms with van der Waals surface area (Å²) >= 11 is 0. The van der Waals surface area contributed by atoms with Crippen LogP contribution in [0.1, 0.15) is 24.0 Å². The van der Waals surface area contributed by atoms with Crippen LogP contribution in [0.15, 0.2) is 24.3 Å². The molecule has 0 aliphatic carbocycles. The molecule has 1 saturated heterocycles. The van der Waals surface area contributed by atoms with E-state index < -0.39 is 10.0 Å². The summed E-state index contributed by atoms with van der Waals surface area (Å²) in [6, 6.07) is 8.18. The highest BCUT2D eigenvalue weighted by Gasteiger charge is 2.20. The second kappa shape index (κ2) is 7.20. The molecule has 1 fully saturated rings. The van der Waals surface area contributed by atoms with Crippen LogP contribution >= 0.6 is 0 Å². The Hall–Kier alpha value is -0.910. The summed E-state index contributed by atoms with van der Waals surface area (Å²) in [5, 5.41) is 3.25. The minimum atomic E-state index is -3.15. The molecular weight excluding hydrogens is 272 g/mol. The molecule has 0 aromatic heterocycles. The lowest BCUT2D eigenvalue weighted by Gasteiger charge is -2.22. The zero-order chi connectivity index (χ0) is 14.4. The molecule has 1 aromatic rings. The number of hydrogen-bond acceptors (Lipinski definition) is 3. The largest absolute Gasteiger partial charge is 0.316 e. The summed E-state index contributed by atoms with van der Waals surface area (Å²) in [5.74, 6) is 0.494. The molecule has 1 atom stereocenters. The molecule has 5 heteroatoms. The number of piperidine rings is 1. The minimum Gasteiger partial charge on any atom is -0.316 e. The van der Waals surface area contributed by atoms with Crippen LogP contribution in [-0.4, -0.2) is 33.8 Å². The van der Waals surface area contributed by atoms with Gasteiger partial charge in [-0.05, 0) is 50.8 Å². The Morgan fingerprint density at radius 1 is 1.40 bits per heavy atom. The number of benzene rings is 1. The van der Waals surface area contributed by atoms with E-state index in [9.17, 15) is 8.42 Å². The summed E-state index contributed by atoms with van der Waals surface area (Å²) in [6.07, 6.45) is 2.82. The molecule has 2 N–H and O–H groups in total. The van der Waals surface area contributed by atoms with Crippen molar-refractivity contribution in [2.24, 2.45) is 5.92 Å². The topological polar surface area (TPSA) is 58.2 Å². The van der Waals surface area contributed by atoms with Gasteiger partial charge in [-0.25, -0.2) is 13.1 Å². The maximum Gasteiger partial charge on any atom is 0.211 e. The van der Waals surface area contributed by atoms with Crippen LogP contribution in [0.3, 0.4) is 0 Å². The van der Waals surface area contributed by atoms with Crippen LogP contribution in [0.4, 0.5) is 0 Å². The fourth-order valence-corrected chi connectivity index (χ4v) is 4.09. The fourth-order valence-electron chi connectivity index (χ4n) is 2.65. The lowest BCUT2D eigenvalue weighted by Crippen LogP contribution is -2.38. The highest BCUT2D eigenvalue weighted by molar-refractivity contribution is 7.89. The Bertz CT molecular complexity index is 522. The third kappa shape index (κ3) is 5.23. The average molecular weight is 296 g/mol. The maximum absolute atomic E-state index is 12.0. The van der Waals surface area contributed by atoms with E-state index in [1.807, 2.05) is 25.1 Å². The summed E-state index contributed by atoms with van der Waals surface area (Å²) in [5.41, 5.74) is 2.38. The van der Waals surface area contributed by atoms with Gasteiger partial charge in [-0.1, -0.05) is 29.8 Å². The van der Waals surface area contributed by atoms with Crippen molar-refractivity contribution in [3.8, 4) is 0 Å². The van der Waals surface area contributed by atoms with Crippen molar-refractivity contribution in [1.82, 2.24) is 10.0 Å². The normalized spacial score (nSPS) is 19.9. The van der Waals surface area contributed by atoms with E-state index in [0.29, 0.717) is 6.54 Å². The lowest BCUT2D eigenvalue weighted by molar-refractivity contribution is 0.403. The Labute approximate surface area is 122 Å². The van der Waals surface area contributed by atoms with Gasteiger partial charge in [0.15, 0.2) is 0 Å². The van der Waals surface area contributed by atoms with Crippen molar-refractivity contribution in [2.45, 2.75) is 26.2 Å². The standard InChI is InChI=1S/C15H24N2O2S/c1-13-4-2-5-14(10-13)7-9-17-20(18,19)12-15-6-3-8-16-11-15/h2,4-5,10,15-17H,3,6-9,11-12H2,1H3. The van der Waals surface area contributed by atoms with Crippen LogP contribution in [0.2, 0.25) is 0 Å². The van der Waals surface area contributed by atoms with Gasteiger partial charge in [-0.15, -0.1) is 0 Å². The molecule has 1 heterocycles. The van der Waals surface area contributed by atoms with Gasteiger partial charge in [0.05, 0.1) is 5.75 Å². The van der Waals surface area contributed by atoms with Crippen LogP contribution < -0.4 is 10.0 Å². The summed E-state index contributed by atoms with van der Waals surface area (Å²) in [7, 11) is -3.15. The van der Waals surface area contributed by atoms with Crippen LogP contribution in [0.25, 0.3) is 0 Å². The molecule has 1 aliphatic rings. The van der Waals surface area contributed by atoms with Gasteiger partial charge in [-0.3, -0.25) is 0 Å². The molecule has 0 amide bonds. The monoisotopic (exact) mass is 296 g/mol. The smallest absolute Gasteiger partial charge is 0.211 e. The molecule has 2 rings (SSSR count). The van der Waals surface area contributed by atoms with E-state index in [4.69, 9.17) is 0 Å². The molecule has 0 bridgehead atoms. The predicted octanol–water partition coefficient (Wildman–Crippen LogP) is 1.46. The first-order chi connectivity index (χ1) is 9.55. The molecule has 0 saturated carbocycles. The number of hydrogen-bond donors (Lipinski definition) is 2. The highest BCUT2D eigenvalue weighted by Crippen LogP contribution is 2.12. The van der Waals surface area contributed by atoms with E-state index in [1.165, 1.54) is 11.1 Å². The Morgan fingerprint density at radius 2 is 2.25 bits per heavy atom. The van der Waals surface area contributed by atoms with Gasteiger partial charge in [-0.2, -0.15) is 0 Å². The quantitative estimate of drug-likeness (QED) is 0.835. The van der Waals surface area contributed by atoms with Crippen LogP contribution in [-0.2, 0) is 16.4 Å². The highest BCUT2D eigenvalue weighted by atomic mass is 32.2. The van der Waals surface area contributed by atoms with Gasteiger partial charge in [0, 0.05) is 6.54 Å². The molecule has 0 radical (unpaired) electrons. The maximum atomic E-state index is 12.0. The fraction of sp³-hybridized carbons (Fsp3) is 0.600. The van der Waals surface area contributed by atoms with E-state index >= 15 is 0 Å². The molecule has 1 aromatic carbocycles. The second-order valence-electron chi connectivity index (χ2n) is 5.63. The number of rotatable bonds is 6. The van der Waals surface area contributed by atoms with Crippen molar-refractivity contribution in [3.63, 3.8) is 0 Å². The molecule has 1 unspecified atom stereocenters. The molecular formula is C15H24N2O2S. The van der Waals surface area contributed by atoms with Crippen molar-refractivity contribution >= 4 is 10.0 Å². The molecule has 1 aliphatic heterocycles. The van der Waals surface area contributed by atoms with E-state index in [0.717, 1.165) is 32.4 Å². The number of aryl methyl sites for hydroxylation is 1. The van der Waals surface area contributed by atoms with Crippen molar-refractivity contribution in [1.29, 1.82) is 0 Å². The second-order valence-corrected chi connectivity index (χ2v) is 7.48. The van der Waals surface area contributed by atoms with Gasteiger partial charge >= 0.3 is 0 Å². The molecule has 4 nitrogen and oxygen atoms in total. The SMILES string of the molecule is Cc1cccc(CCNS(=O)(=O)CC2CCCNC2)c1. The summed E-state index contributed by atoms with van der Waals surface area (Å²) in [4.78, 5) is 0. The Balaban J connectivity index is 1.77. The number of sulfonamides is 1. The molecule has 0 spiro atoms. The van der Waals surface area contributed by atoms with Crippen LogP contribution in [0, 0.1) is 12.8 Å². The van der Waals surface area contributed by atoms with E-state index in [-0.39, 0.29) is 11.7 Å². The van der Waals surface area contributed by atoms with E-state index in [1.54, 1.807) is 0 Å². The van der Waals surface area contributed by atoms with Gasteiger partial charge in [0.1, 0.15) is 0 Å². The third-order valence-corrected chi connectivity index (χ3v) is 5.23. The van der Waals surface area contributed by atoms with Gasteiger partial charge < -0.3 is 5.32 Å². The summed E-state index contributed by atoms with van der Waals surface area (Å²) in [6.45, 7) is 4.35. The minimum absolute atomic E-state index is 0.244. The van der Waals surface area contributed by atoms with E-state index in [2.05, 4.69) is 16.1 Å². The predicted molar refractivity (Wildman–Crippen MR) is 82.3 cm³/mol. The van der Waals surface area contributed by atoms with Crippen LogP contribution in [0.5, 0.6) is 0 Å². The first kappa shape index (κ1) is 15.5. The van der Waals surface area contributed by atoms with Gasteiger partial charge in [0.2, 0.25) is 10.0 Å². The third-order valence-electron chi connectivity index (χ3n) is 3.67. The molecule has 20 heavy (non-hydrogen) atoms. The van der Waals surface area contributed by atoms with Crippen molar-refractivity contribution in [2.75, 3.05) is 25.4 Å². The number of nitrogens with one attached hydrogen (secondary N) is 2. The van der Waals surface area contributed by atoms with Gasteiger partial charge in [0.25, 0.3) is 0 Å². The first-order valence-corrected chi connectivity index (χ1v) is 8.94. The molecule has 112 valence electrons. The first-order valence-electron chi connectivity index (χ1n) is 7.29. The lowest BCUT2D eigenvalue weighted by atomic mass is 10.0. The zero-order valence-corrected chi connectivity index (χ0v) is 12.9. The Kier molecular flexibility index (Phi) is 5.57. The zero-order valence-electron chi connectivity index (χ0n) is 12.1. The van der Waals surface area contributed by atoms with Crippen molar-refractivity contribution < 1.29 is 8.42 Å². The summed E-state index contributed by atoms with van der Waals surface area (Å²) < 4.78 is 26.8.